The molecular formula is C21H26ClNO4. The second kappa shape index (κ2) is 7.34. The monoisotopic (exact) mass is 391 g/mol. The molecule has 0 saturated heterocycles. The first-order valence-corrected chi connectivity index (χ1v) is 10.1. The van der Waals surface area contributed by atoms with Gasteiger partial charge in [0.25, 0.3) is 5.91 Å². The Morgan fingerprint density at radius 2 is 1.78 bits per heavy atom. The first-order chi connectivity index (χ1) is 12.9. The fourth-order valence-corrected chi connectivity index (χ4v) is 6.15. The van der Waals surface area contributed by atoms with Crippen LogP contribution in [0.2, 0.25) is 5.02 Å². The summed E-state index contributed by atoms with van der Waals surface area (Å²) in [5.74, 6) is 2.24. The van der Waals surface area contributed by atoms with Crippen LogP contribution in [0.5, 0.6) is 5.75 Å². The molecule has 0 atom stereocenters. The van der Waals surface area contributed by atoms with Crippen LogP contribution >= 0.6 is 11.6 Å². The van der Waals surface area contributed by atoms with E-state index in [1.807, 2.05) is 0 Å². The zero-order valence-corrected chi connectivity index (χ0v) is 16.4. The summed E-state index contributed by atoms with van der Waals surface area (Å²) >= 11 is 5.96. The molecule has 146 valence electrons. The first-order valence-electron chi connectivity index (χ1n) is 9.74. The summed E-state index contributed by atoms with van der Waals surface area (Å²) in [4.78, 5) is 24.6. The normalized spacial score (nSPS) is 30.8. The van der Waals surface area contributed by atoms with Crippen LogP contribution < -0.4 is 10.1 Å². The number of carbonyl (C=O) groups is 2. The summed E-state index contributed by atoms with van der Waals surface area (Å²) in [6.45, 7) is -0.291. The quantitative estimate of drug-likeness (QED) is 0.728. The van der Waals surface area contributed by atoms with Gasteiger partial charge in [0.15, 0.2) is 6.61 Å². The third kappa shape index (κ3) is 4.08. The highest BCUT2D eigenvalue weighted by Gasteiger charge is 2.51. The van der Waals surface area contributed by atoms with E-state index in [1.165, 1.54) is 26.4 Å². The topological polar surface area (TPSA) is 64.6 Å². The van der Waals surface area contributed by atoms with Gasteiger partial charge < -0.3 is 14.8 Å². The van der Waals surface area contributed by atoms with E-state index in [2.05, 4.69) is 5.32 Å². The molecule has 0 heterocycles. The Kier molecular flexibility index (Phi) is 5.06. The number of anilines is 1. The number of hydrogen-bond donors (Lipinski definition) is 1. The first kappa shape index (κ1) is 18.6. The minimum atomic E-state index is -0.394. The maximum absolute atomic E-state index is 12.4. The lowest BCUT2D eigenvalue weighted by Crippen LogP contribution is -2.47. The summed E-state index contributed by atoms with van der Waals surface area (Å²) in [6.07, 6.45) is 7.94. The molecule has 4 bridgehead atoms. The fourth-order valence-electron chi connectivity index (χ4n) is 5.97. The predicted molar refractivity (Wildman–Crippen MR) is 103 cm³/mol. The van der Waals surface area contributed by atoms with Crippen LogP contribution in [0.4, 0.5) is 5.69 Å². The summed E-state index contributed by atoms with van der Waals surface area (Å²) in [5.41, 5.74) is 0.588. The van der Waals surface area contributed by atoms with Gasteiger partial charge in [0, 0.05) is 5.02 Å². The third-order valence-corrected chi connectivity index (χ3v) is 6.72. The SMILES string of the molecule is COc1ccc(Cl)cc1NC(=O)COC(=O)CC12CC3CC(CC(C3)C1)C2. The zero-order valence-electron chi connectivity index (χ0n) is 15.6. The van der Waals surface area contributed by atoms with Crippen LogP contribution in [0.25, 0.3) is 0 Å². The van der Waals surface area contributed by atoms with Crippen molar-refractivity contribution in [3.63, 3.8) is 0 Å². The molecule has 4 saturated carbocycles. The highest BCUT2D eigenvalue weighted by atomic mass is 35.5. The Balaban J connectivity index is 1.29. The van der Waals surface area contributed by atoms with E-state index < -0.39 is 5.91 Å². The van der Waals surface area contributed by atoms with Gasteiger partial charge in [-0.3, -0.25) is 9.59 Å². The maximum Gasteiger partial charge on any atom is 0.306 e. The number of nitrogens with one attached hydrogen (secondary N) is 1. The second-order valence-corrected chi connectivity index (χ2v) is 9.08. The molecule has 1 amide bonds. The van der Waals surface area contributed by atoms with Gasteiger partial charge in [-0.15, -0.1) is 0 Å². The molecule has 5 rings (SSSR count). The van der Waals surface area contributed by atoms with Crippen LogP contribution in [0.1, 0.15) is 44.9 Å². The Hall–Kier alpha value is -1.75. The Morgan fingerprint density at radius 1 is 1.15 bits per heavy atom. The number of esters is 1. The third-order valence-electron chi connectivity index (χ3n) is 6.48. The van der Waals surface area contributed by atoms with Gasteiger partial charge >= 0.3 is 5.97 Å². The minimum Gasteiger partial charge on any atom is -0.495 e. The van der Waals surface area contributed by atoms with Gasteiger partial charge in [-0.2, -0.15) is 0 Å². The van der Waals surface area contributed by atoms with Crippen LogP contribution in [0, 0.1) is 23.2 Å². The molecule has 1 aromatic carbocycles. The maximum atomic E-state index is 12.4. The van der Waals surface area contributed by atoms with Gasteiger partial charge in [0.1, 0.15) is 5.75 Å². The number of ether oxygens (including phenoxy) is 2. The summed E-state index contributed by atoms with van der Waals surface area (Å²) < 4.78 is 10.5. The van der Waals surface area contributed by atoms with E-state index in [1.54, 1.807) is 18.2 Å². The lowest BCUT2D eigenvalue weighted by molar-refractivity contribution is -0.154. The number of amides is 1. The fraction of sp³-hybridized carbons (Fsp3) is 0.619. The van der Waals surface area contributed by atoms with Crippen molar-refractivity contribution >= 4 is 29.2 Å². The lowest BCUT2D eigenvalue weighted by atomic mass is 9.49. The summed E-state index contributed by atoms with van der Waals surface area (Å²) in [7, 11) is 1.52. The molecule has 0 aromatic heterocycles. The van der Waals surface area contributed by atoms with Crippen molar-refractivity contribution in [1.29, 1.82) is 0 Å². The van der Waals surface area contributed by atoms with Crippen molar-refractivity contribution < 1.29 is 19.1 Å². The molecular weight excluding hydrogens is 366 g/mol. The van der Waals surface area contributed by atoms with Crippen LogP contribution in [0.3, 0.4) is 0 Å². The van der Waals surface area contributed by atoms with Crippen molar-refractivity contribution in [2.75, 3.05) is 19.0 Å². The molecule has 4 aliphatic carbocycles. The second-order valence-electron chi connectivity index (χ2n) is 8.65. The number of carbonyl (C=O) groups excluding carboxylic acids is 2. The number of hydrogen-bond acceptors (Lipinski definition) is 4. The van der Waals surface area contributed by atoms with Crippen molar-refractivity contribution in [1.82, 2.24) is 0 Å². The molecule has 0 radical (unpaired) electrons. The molecule has 0 spiro atoms. The van der Waals surface area contributed by atoms with Gasteiger partial charge in [0.2, 0.25) is 0 Å². The van der Waals surface area contributed by atoms with E-state index in [0.29, 0.717) is 22.9 Å². The smallest absolute Gasteiger partial charge is 0.306 e. The molecule has 1 N–H and O–H groups in total. The summed E-state index contributed by atoms with van der Waals surface area (Å²) in [6, 6.07) is 4.97. The highest BCUT2D eigenvalue weighted by Crippen LogP contribution is 2.61. The van der Waals surface area contributed by atoms with Crippen LogP contribution in [-0.2, 0) is 14.3 Å². The lowest BCUT2D eigenvalue weighted by Gasteiger charge is -2.56. The van der Waals surface area contributed by atoms with Crippen LogP contribution in [-0.4, -0.2) is 25.6 Å². The molecule has 5 nitrogen and oxygen atoms in total. The molecule has 4 aliphatic rings. The van der Waals surface area contributed by atoms with E-state index in [-0.39, 0.29) is 18.0 Å². The Bertz CT molecular complexity index is 712. The number of methoxy groups -OCH3 is 1. The largest absolute Gasteiger partial charge is 0.495 e. The molecule has 4 fully saturated rings. The molecule has 0 aliphatic heterocycles. The number of benzene rings is 1. The average Bonchev–Trinajstić information content (AvgIpc) is 2.58. The zero-order chi connectivity index (χ0) is 19.0. The van der Waals surface area contributed by atoms with Crippen molar-refractivity contribution in [3.8, 4) is 5.75 Å². The molecule has 27 heavy (non-hydrogen) atoms. The van der Waals surface area contributed by atoms with Crippen molar-refractivity contribution in [2.45, 2.75) is 44.9 Å². The Morgan fingerprint density at radius 3 is 2.37 bits per heavy atom. The molecule has 6 heteroatoms. The van der Waals surface area contributed by atoms with Gasteiger partial charge in [0.05, 0.1) is 19.2 Å². The minimum absolute atomic E-state index is 0.123. The number of rotatable bonds is 6. The predicted octanol–water partition coefficient (Wildman–Crippen LogP) is 4.44. The average molecular weight is 392 g/mol. The van der Waals surface area contributed by atoms with Gasteiger partial charge in [-0.05, 0) is 79.9 Å². The van der Waals surface area contributed by atoms with E-state index in [0.717, 1.165) is 37.0 Å². The van der Waals surface area contributed by atoms with E-state index in [9.17, 15) is 9.59 Å². The Labute approximate surface area is 164 Å². The number of halogens is 1. The van der Waals surface area contributed by atoms with E-state index >= 15 is 0 Å². The highest BCUT2D eigenvalue weighted by molar-refractivity contribution is 6.31. The van der Waals surface area contributed by atoms with E-state index in [4.69, 9.17) is 21.1 Å². The van der Waals surface area contributed by atoms with Gasteiger partial charge in [-0.25, -0.2) is 0 Å². The summed E-state index contributed by atoms with van der Waals surface area (Å²) in [5, 5.41) is 3.18. The van der Waals surface area contributed by atoms with Gasteiger partial charge in [-0.1, -0.05) is 11.6 Å². The van der Waals surface area contributed by atoms with Crippen LogP contribution in [0.15, 0.2) is 18.2 Å². The molecule has 1 aromatic rings. The standard InChI is InChI=1S/C21H26ClNO4/c1-26-18-3-2-16(22)7-17(18)23-19(24)12-27-20(25)11-21-8-13-4-14(9-21)6-15(5-13)10-21/h2-3,7,13-15H,4-6,8-12H2,1H3,(H,23,24). The van der Waals surface area contributed by atoms with Crippen molar-refractivity contribution in [3.05, 3.63) is 23.2 Å². The van der Waals surface area contributed by atoms with Crippen molar-refractivity contribution in [2.24, 2.45) is 23.2 Å². The molecule has 0 unspecified atom stereocenters.